The Kier molecular flexibility index (Phi) is 9.06. The highest BCUT2D eigenvalue weighted by Crippen LogP contribution is 1.99. The van der Waals surface area contributed by atoms with Gasteiger partial charge in [-0.25, -0.2) is 0 Å². The van der Waals surface area contributed by atoms with Crippen molar-refractivity contribution in [3.05, 3.63) is 0 Å². The van der Waals surface area contributed by atoms with Gasteiger partial charge in [0.1, 0.15) is 0 Å². The van der Waals surface area contributed by atoms with Crippen molar-refractivity contribution < 1.29 is 9.53 Å². The van der Waals surface area contributed by atoms with Crippen LogP contribution in [0.15, 0.2) is 4.99 Å². The highest BCUT2D eigenvalue weighted by atomic mass is 16.5. The first-order valence-electron chi connectivity index (χ1n) is 6.55. The van der Waals surface area contributed by atoms with Crippen molar-refractivity contribution >= 4 is 11.9 Å². The van der Waals surface area contributed by atoms with Gasteiger partial charge in [-0.1, -0.05) is 13.8 Å². The van der Waals surface area contributed by atoms with Gasteiger partial charge in [0.15, 0.2) is 5.96 Å². The van der Waals surface area contributed by atoms with E-state index in [-0.39, 0.29) is 5.97 Å². The monoisotopic (exact) mass is 257 g/mol. The molecule has 0 amide bonds. The molecule has 0 aliphatic heterocycles. The summed E-state index contributed by atoms with van der Waals surface area (Å²) in [5.74, 6) is 1.23. The molecule has 106 valence electrons. The quantitative estimate of drug-likeness (QED) is 0.314. The molecule has 18 heavy (non-hydrogen) atoms. The van der Waals surface area contributed by atoms with Gasteiger partial charge in [-0.2, -0.15) is 0 Å². The Morgan fingerprint density at radius 2 is 1.94 bits per heavy atom. The summed E-state index contributed by atoms with van der Waals surface area (Å²) in [5, 5.41) is 6.56. The van der Waals surface area contributed by atoms with E-state index in [1.807, 2.05) is 0 Å². The largest absolute Gasteiger partial charge is 0.469 e. The molecule has 0 bridgehead atoms. The molecule has 0 saturated carbocycles. The van der Waals surface area contributed by atoms with Crippen molar-refractivity contribution in [2.45, 2.75) is 46.1 Å². The van der Waals surface area contributed by atoms with Gasteiger partial charge in [0, 0.05) is 26.1 Å². The SMILES string of the molecule is CN=C(NCCCCC(=O)OC)NC(C)C(C)C. The van der Waals surface area contributed by atoms with E-state index in [0.717, 1.165) is 25.3 Å². The lowest BCUT2D eigenvalue weighted by Gasteiger charge is -2.20. The van der Waals surface area contributed by atoms with Gasteiger partial charge in [-0.15, -0.1) is 0 Å². The van der Waals surface area contributed by atoms with E-state index in [0.29, 0.717) is 18.4 Å². The van der Waals surface area contributed by atoms with Gasteiger partial charge in [-0.3, -0.25) is 9.79 Å². The van der Waals surface area contributed by atoms with Crippen LogP contribution >= 0.6 is 0 Å². The number of carbonyl (C=O) groups is 1. The van der Waals surface area contributed by atoms with Crippen molar-refractivity contribution in [3.63, 3.8) is 0 Å². The number of nitrogens with one attached hydrogen (secondary N) is 2. The molecule has 0 aromatic carbocycles. The van der Waals surface area contributed by atoms with Crippen LogP contribution in [-0.2, 0) is 9.53 Å². The molecular weight excluding hydrogens is 230 g/mol. The van der Waals surface area contributed by atoms with Gasteiger partial charge >= 0.3 is 5.97 Å². The molecule has 0 heterocycles. The molecule has 0 aromatic heterocycles. The van der Waals surface area contributed by atoms with Crippen LogP contribution in [0.2, 0.25) is 0 Å². The number of nitrogens with zero attached hydrogens (tertiary/aromatic N) is 1. The van der Waals surface area contributed by atoms with Crippen LogP contribution in [0.1, 0.15) is 40.0 Å². The lowest BCUT2D eigenvalue weighted by molar-refractivity contribution is -0.140. The van der Waals surface area contributed by atoms with Crippen molar-refractivity contribution in [1.82, 2.24) is 10.6 Å². The third-order valence-electron chi connectivity index (χ3n) is 2.92. The lowest BCUT2D eigenvalue weighted by Crippen LogP contribution is -2.44. The van der Waals surface area contributed by atoms with Gasteiger partial charge in [-0.05, 0) is 25.7 Å². The summed E-state index contributed by atoms with van der Waals surface area (Å²) in [5.41, 5.74) is 0. The van der Waals surface area contributed by atoms with Crippen LogP contribution in [0.3, 0.4) is 0 Å². The van der Waals surface area contributed by atoms with E-state index >= 15 is 0 Å². The second kappa shape index (κ2) is 9.74. The molecule has 0 radical (unpaired) electrons. The van der Waals surface area contributed by atoms with E-state index < -0.39 is 0 Å². The minimum absolute atomic E-state index is 0.147. The van der Waals surface area contributed by atoms with Crippen molar-refractivity contribution in [1.29, 1.82) is 0 Å². The molecule has 5 nitrogen and oxygen atoms in total. The number of unbranched alkanes of at least 4 members (excludes halogenated alkanes) is 1. The Bertz CT molecular complexity index is 265. The number of guanidine groups is 1. The maximum Gasteiger partial charge on any atom is 0.305 e. The van der Waals surface area contributed by atoms with E-state index in [9.17, 15) is 4.79 Å². The standard InChI is InChI=1S/C13H27N3O2/c1-10(2)11(3)16-13(14-4)15-9-7-6-8-12(17)18-5/h10-11H,6-9H2,1-5H3,(H2,14,15,16). The number of aliphatic imine (C=N–C) groups is 1. The molecule has 2 N–H and O–H groups in total. The molecule has 0 aromatic rings. The van der Waals surface area contributed by atoms with Gasteiger partial charge < -0.3 is 15.4 Å². The molecular formula is C13H27N3O2. The average molecular weight is 257 g/mol. The molecule has 0 aliphatic rings. The van der Waals surface area contributed by atoms with Gasteiger partial charge in [0.2, 0.25) is 0 Å². The number of hydrogen-bond donors (Lipinski definition) is 2. The summed E-state index contributed by atoms with van der Waals surface area (Å²) in [7, 11) is 3.18. The number of rotatable bonds is 7. The van der Waals surface area contributed by atoms with E-state index in [2.05, 4.69) is 41.1 Å². The fourth-order valence-corrected chi connectivity index (χ4v) is 1.28. The molecule has 1 atom stereocenters. The number of hydrogen-bond acceptors (Lipinski definition) is 3. The van der Waals surface area contributed by atoms with Crippen LogP contribution in [0.5, 0.6) is 0 Å². The maximum atomic E-state index is 10.9. The molecule has 5 heteroatoms. The average Bonchev–Trinajstić information content (AvgIpc) is 2.36. The van der Waals surface area contributed by atoms with Crippen molar-refractivity contribution in [2.24, 2.45) is 10.9 Å². The van der Waals surface area contributed by atoms with Crippen molar-refractivity contribution in [3.8, 4) is 0 Å². The van der Waals surface area contributed by atoms with Gasteiger partial charge in [0.25, 0.3) is 0 Å². The lowest BCUT2D eigenvalue weighted by atomic mass is 10.1. The summed E-state index contributed by atoms with van der Waals surface area (Å²) in [6.07, 6.45) is 2.23. The third kappa shape index (κ3) is 7.92. The van der Waals surface area contributed by atoms with Gasteiger partial charge in [0.05, 0.1) is 7.11 Å². The number of carbonyl (C=O) groups excluding carboxylic acids is 1. The van der Waals surface area contributed by atoms with Crippen LogP contribution in [0.4, 0.5) is 0 Å². The fourth-order valence-electron chi connectivity index (χ4n) is 1.28. The number of ether oxygens (including phenoxy) is 1. The third-order valence-corrected chi connectivity index (χ3v) is 2.92. The summed E-state index contributed by atoms with van der Waals surface area (Å²) < 4.78 is 4.58. The molecule has 1 unspecified atom stereocenters. The Morgan fingerprint density at radius 3 is 2.44 bits per heavy atom. The number of esters is 1. The smallest absolute Gasteiger partial charge is 0.305 e. The second-order valence-corrected chi connectivity index (χ2v) is 4.71. The number of methoxy groups -OCH3 is 1. The highest BCUT2D eigenvalue weighted by Gasteiger charge is 2.08. The molecule has 0 fully saturated rings. The zero-order valence-corrected chi connectivity index (χ0v) is 12.2. The van der Waals surface area contributed by atoms with Crippen LogP contribution < -0.4 is 10.6 Å². The van der Waals surface area contributed by atoms with E-state index in [1.54, 1.807) is 7.05 Å². The van der Waals surface area contributed by atoms with Crippen LogP contribution in [0.25, 0.3) is 0 Å². The summed E-state index contributed by atoms with van der Waals surface area (Å²) in [4.78, 5) is 15.1. The fraction of sp³-hybridized carbons (Fsp3) is 0.846. The maximum absolute atomic E-state index is 10.9. The second-order valence-electron chi connectivity index (χ2n) is 4.71. The Hall–Kier alpha value is -1.26. The predicted octanol–water partition coefficient (Wildman–Crippen LogP) is 1.54. The molecule has 0 spiro atoms. The Balaban J connectivity index is 3.73. The summed E-state index contributed by atoms with van der Waals surface area (Å²) in [6, 6.07) is 0.381. The molecule has 0 saturated heterocycles. The Labute approximate surface area is 110 Å². The predicted molar refractivity (Wildman–Crippen MR) is 74.7 cm³/mol. The minimum Gasteiger partial charge on any atom is -0.469 e. The first-order chi connectivity index (χ1) is 8.51. The van der Waals surface area contributed by atoms with Crippen molar-refractivity contribution in [2.75, 3.05) is 20.7 Å². The van der Waals surface area contributed by atoms with Crippen LogP contribution in [0, 0.1) is 5.92 Å². The topological polar surface area (TPSA) is 62.7 Å². The zero-order chi connectivity index (χ0) is 14.0. The van der Waals surface area contributed by atoms with Crippen LogP contribution in [-0.4, -0.2) is 38.7 Å². The zero-order valence-electron chi connectivity index (χ0n) is 12.2. The minimum atomic E-state index is -0.147. The molecule has 0 aliphatic carbocycles. The first-order valence-corrected chi connectivity index (χ1v) is 6.55. The Morgan fingerprint density at radius 1 is 1.28 bits per heavy atom. The highest BCUT2D eigenvalue weighted by molar-refractivity contribution is 5.79. The first kappa shape index (κ1) is 16.7. The summed E-state index contributed by atoms with van der Waals surface area (Å²) >= 11 is 0. The summed E-state index contributed by atoms with van der Waals surface area (Å²) in [6.45, 7) is 7.28. The molecule has 0 rings (SSSR count). The van der Waals surface area contributed by atoms with E-state index in [1.165, 1.54) is 7.11 Å². The van der Waals surface area contributed by atoms with E-state index in [4.69, 9.17) is 0 Å². The normalized spacial score (nSPS) is 13.3.